The van der Waals surface area contributed by atoms with E-state index in [1.807, 2.05) is 0 Å². The molecule has 0 aliphatic heterocycles. The Labute approximate surface area is 78.4 Å². The van der Waals surface area contributed by atoms with Gasteiger partial charge in [0.05, 0.1) is 7.11 Å². The Bertz CT molecular complexity index is 256. The summed E-state index contributed by atoms with van der Waals surface area (Å²) in [6.45, 7) is 0. The SMILES string of the molecule is COc1cc(SCl)cnc1Cl. The molecule has 1 rings (SSSR count). The fourth-order valence-corrected chi connectivity index (χ4v) is 1.27. The molecule has 11 heavy (non-hydrogen) atoms. The van der Waals surface area contributed by atoms with Crippen LogP contribution in [0.2, 0.25) is 5.15 Å². The van der Waals surface area contributed by atoms with Crippen LogP contribution in [0.5, 0.6) is 5.75 Å². The monoisotopic (exact) mass is 209 g/mol. The van der Waals surface area contributed by atoms with Crippen molar-refractivity contribution in [2.75, 3.05) is 7.11 Å². The maximum absolute atomic E-state index is 5.66. The molecule has 1 aromatic heterocycles. The van der Waals surface area contributed by atoms with E-state index in [1.165, 1.54) is 7.11 Å². The molecule has 0 bridgehead atoms. The molecule has 5 heteroatoms. The van der Waals surface area contributed by atoms with Crippen molar-refractivity contribution in [2.45, 2.75) is 4.90 Å². The van der Waals surface area contributed by atoms with Gasteiger partial charge < -0.3 is 4.74 Å². The molecule has 0 amide bonds. The Hall–Kier alpha value is -0.120. The van der Waals surface area contributed by atoms with E-state index < -0.39 is 0 Å². The largest absolute Gasteiger partial charge is 0.493 e. The van der Waals surface area contributed by atoms with Crippen molar-refractivity contribution in [2.24, 2.45) is 0 Å². The number of rotatable bonds is 2. The standard InChI is InChI=1S/C6H5Cl2NOS/c1-10-5-2-4(11-8)3-9-6(5)7/h2-3H,1H3. The average molecular weight is 210 g/mol. The molecular weight excluding hydrogens is 205 g/mol. The van der Waals surface area contributed by atoms with Gasteiger partial charge in [-0.1, -0.05) is 11.6 Å². The van der Waals surface area contributed by atoms with Crippen molar-refractivity contribution in [1.29, 1.82) is 0 Å². The van der Waals surface area contributed by atoms with Gasteiger partial charge in [-0.25, -0.2) is 4.98 Å². The first kappa shape index (κ1) is 8.97. The topological polar surface area (TPSA) is 22.1 Å². The number of nitrogens with zero attached hydrogens (tertiary/aromatic N) is 1. The van der Waals surface area contributed by atoms with E-state index in [1.54, 1.807) is 12.3 Å². The minimum atomic E-state index is 0.349. The summed E-state index contributed by atoms with van der Waals surface area (Å²) in [6.07, 6.45) is 1.59. The maximum atomic E-state index is 5.66. The van der Waals surface area contributed by atoms with Crippen LogP contribution in [-0.2, 0) is 0 Å². The zero-order chi connectivity index (χ0) is 8.27. The third kappa shape index (κ3) is 2.15. The van der Waals surface area contributed by atoms with E-state index in [0.29, 0.717) is 10.9 Å². The van der Waals surface area contributed by atoms with Crippen molar-refractivity contribution in [3.63, 3.8) is 0 Å². The summed E-state index contributed by atoms with van der Waals surface area (Å²) in [5.41, 5.74) is 0. The minimum absolute atomic E-state index is 0.349. The number of ether oxygens (including phenoxy) is 1. The first-order valence-electron chi connectivity index (χ1n) is 2.76. The highest BCUT2D eigenvalue weighted by atomic mass is 35.7. The second kappa shape index (κ2) is 4.04. The van der Waals surface area contributed by atoms with Crippen molar-refractivity contribution in [1.82, 2.24) is 4.98 Å². The van der Waals surface area contributed by atoms with Crippen molar-refractivity contribution >= 4 is 33.3 Å². The van der Waals surface area contributed by atoms with Crippen LogP contribution in [0.15, 0.2) is 17.2 Å². The van der Waals surface area contributed by atoms with E-state index in [-0.39, 0.29) is 0 Å². The molecule has 0 aliphatic rings. The van der Waals surface area contributed by atoms with Crippen molar-refractivity contribution in [3.8, 4) is 5.75 Å². The number of aromatic nitrogens is 1. The molecule has 0 aromatic carbocycles. The molecule has 1 heterocycles. The molecule has 1 aromatic rings. The second-order valence-electron chi connectivity index (χ2n) is 1.74. The number of pyridine rings is 1. The summed E-state index contributed by atoms with van der Waals surface area (Å²) in [5.74, 6) is 0.539. The molecule has 0 atom stereocenters. The first-order valence-corrected chi connectivity index (χ1v) is 4.78. The summed E-state index contributed by atoms with van der Waals surface area (Å²) < 4.78 is 4.92. The third-order valence-corrected chi connectivity index (χ3v) is 2.31. The van der Waals surface area contributed by atoms with Gasteiger partial charge in [-0.05, 0) is 27.7 Å². The fraction of sp³-hybridized carbons (Fsp3) is 0.167. The van der Waals surface area contributed by atoms with Crippen LogP contribution in [-0.4, -0.2) is 12.1 Å². The van der Waals surface area contributed by atoms with E-state index in [4.69, 9.17) is 27.0 Å². The summed E-state index contributed by atoms with van der Waals surface area (Å²) in [6, 6.07) is 1.73. The smallest absolute Gasteiger partial charge is 0.171 e. The van der Waals surface area contributed by atoms with E-state index >= 15 is 0 Å². The molecule has 0 N–H and O–H groups in total. The van der Waals surface area contributed by atoms with Gasteiger partial charge in [0.15, 0.2) is 10.9 Å². The quantitative estimate of drug-likeness (QED) is 0.700. The number of halogens is 2. The Morgan fingerprint density at radius 3 is 2.91 bits per heavy atom. The highest BCUT2D eigenvalue weighted by molar-refractivity contribution is 8.21. The van der Waals surface area contributed by atoms with Gasteiger partial charge in [-0.15, -0.1) is 0 Å². The van der Waals surface area contributed by atoms with Crippen LogP contribution >= 0.6 is 33.3 Å². The highest BCUT2D eigenvalue weighted by Crippen LogP contribution is 2.29. The van der Waals surface area contributed by atoms with Gasteiger partial charge in [-0.2, -0.15) is 0 Å². The summed E-state index contributed by atoms with van der Waals surface area (Å²) >= 11 is 5.66. The van der Waals surface area contributed by atoms with Crippen LogP contribution in [0.1, 0.15) is 0 Å². The molecule has 0 saturated heterocycles. The number of hydrogen-bond acceptors (Lipinski definition) is 3. The number of hydrogen-bond donors (Lipinski definition) is 0. The normalized spacial score (nSPS) is 9.73. The first-order chi connectivity index (χ1) is 5.27. The Morgan fingerprint density at radius 2 is 2.36 bits per heavy atom. The summed E-state index contributed by atoms with van der Waals surface area (Å²) in [4.78, 5) is 4.67. The van der Waals surface area contributed by atoms with Gasteiger partial charge >= 0.3 is 0 Å². The van der Waals surface area contributed by atoms with Gasteiger partial charge in [-0.3, -0.25) is 0 Å². The molecule has 0 radical (unpaired) electrons. The molecule has 0 fully saturated rings. The Balaban J connectivity index is 3.02. The Morgan fingerprint density at radius 1 is 1.64 bits per heavy atom. The van der Waals surface area contributed by atoms with Gasteiger partial charge in [0.25, 0.3) is 0 Å². The van der Waals surface area contributed by atoms with Gasteiger partial charge in [0.1, 0.15) is 0 Å². The Kier molecular flexibility index (Phi) is 3.30. The molecule has 0 spiro atoms. The lowest BCUT2D eigenvalue weighted by molar-refractivity contribution is 0.412. The molecule has 2 nitrogen and oxygen atoms in total. The van der Waals surface area contributed by atoms with Crippen LogP contribution in [0, 0.1) is 0 Å². The minimum Gasteiger partial charge on any atom is -0.493 e. The summed E-state index contributed by atoms with van der Waals surface area (Å²) in [7, 11) is 8.10. The molecule has 0 unspecified atom stereocenters. The van der Waals surface area contributed by atoms with Gasteiger partial charge in [0.2, 0.25) is 0 Å². The summed E-state index contributed by atoms with van der Waals surface area (Å²) in [5, 5.41) is 0.349. The predicted molar refractivity (Wildman–Crippen MR) is 47.5 cm³/mol. The van der Waals surface area contributed by atoms with Crippen LogP contribution in [0.3, 0.4) is 0 Å². The lowest BCUT2D eigenvalue weighted by atomic mass is 10.5. The van der Waals surface area contributed by atoms with E-state index in [2.05, 4.69) is 4.98 Å². The lowest BCUT2D eigenvalue weighted by Gasteiger charge is -2.01. The van der Waals surface area contributed by atoms with Gasteiger partial charge in [0, 0.05) is 11.1 Å². The van der Waals surface area contributed by atoms with Crippen LogP contribution in [0.4, 0.5) is 0 Å². The average Bonchev–Trinajstić information content (AvgIpc) is 2.05. The van der Waals surface area contributed by atoms with Crippen LogP contribution < -0.4 is 4.74 Å². The third-order valence-electron chi connectivity index (χ3n) is 1.09. The van der Waals surface area contributed by atoms with Crippen molar-refractivity contribution < 1.29 is 4.74 Å². The lowest BCUT2D eigenvalue weighted by Crippen LogP contribution is -1.86. The zero-order valence-electron chi connectivity index (χ0n) is 5.67. The zero-order valence-corrected chi connectivity index (χ0v) is 8.00. The predicted octanol–water partition coefficient (Wildman–Crippen LogP) is 2.99. The molecule has 60 valence electrons. The fourth-order valence-electron chi connectivity index (χ4n) is 0.595. The second-order valence-corrected chi connectivity index (χ2v) is 3.19. The van der Waals surface area contributed by atoms with Crippen molar-refractivity contribution in [3.05, 3.63) is 17.4 Å². The molecular formula is C6H5Cl2NOS. The van der Waals surface area contributed by atoms with E-state index in [9.17, 15) is 0 Å². The molecule has 0 saturated carbocycles. The highest BCUT2D eigenvalue weighted by Gasteiger charge is 2.02. The van der Waals surface area contributed by atoms with Crippen LogP contribution in [0.25, 0.3) is 0 Å². The maximum Gasteiger partial charge on any atom is 0.171 e. The molecule has 0 aliphatic carbocycles. The number of methoxy groups -OCH3 is 1. The van der Waals surface area contributed by atoms with E-state index in [0.717, 1.165) is 15.9 Å².